The SMILES string of the molecule is CC(C)(C)OC(=O)N1CCC(Oc2ncc(C(F)(F)F)cc2C#N)CC1. The first-order valence-corrected chi connectivity index (χ1v) is 8.11. The van der Waals surface area contributed by atoms with E-state index in [1.54, 1.807) is 31.7 Å². The van der Waals surface area contributed by atoms with Gasteiger partial charge in [0.2, 0.25) is 5.88 Å². The van der Waals surface area contributed by atoms with E-state index in [2.05, 4.69) is 4.98 Å². The summed E-state index contributed by atoms with van der Waals surface area (Å²) < 4.78 is 49.0. The molecule has 1 saturated heterocycles. The van der Waals surface area contributed by atoms with Crippen molar-refractivity contribution in [3.8, 4) is 11.9 Å². The quantitative estimate of drug-likeness (QED) is 0.791. The molecule has 0 saturated carbocycles. The van der Waals surface area contributed by atoms with Crippen molar-refractivity contribution in [1.82, 2.24) is 9.88 Å². The summed E-state index contributed by atoms with van der Waals surface area (Å²) in [7, 11) is 0. The van der Waals surface area contributed by atoms with Crippen LogP contribution in [0.3, 0.4) is 0 Å². The number of piperidine rings is 1. The molecule has 0 unspecified atom stereocenters. The molecule has 1 amide bonds. The Bertz CT molecular complexity index is 700. The normalized spacial score (nSPS) is 16.1. The summed E-state index contributed by atoms with van der Waals surface area (Å²) in [6.45, 7) is 6.12. The van der Waals surface area contributed by atoms with Gasteiger partial charge in [0.15, 0.2) is 0 Å². The summed E-state index contributed by atoms with van der Waals surface area (Å²) >= 11 is 0. The van der Waals surface area contributed by atoms with Gasteiger partial charge in [-0.05, 0) is 26.8 Å². The first-order valence-electron chi connectivity index (χ1n) is 8.11. The number of alkyl halides is 3. The molecule has 6 nitrogen and oxygen atoms in total. The minimum atomic E-state index is -4.57. The van der Waals surface area contributed by atoms with Crippen molar-refractivity contribution in [2.24, 2.45) is 0 Å². The van der Waals surface area contributed by atoms with Gasteiger partial charge in [-0.2, -0.15) is 18.4 Å². The zero-order chi connectivity index (χ0) is 19.5. The van der Waals surface area contributed by atoms with Crippen LogP contribution in [-0.2, 0) is 10.9 Å². The Hall–Kier alpha value is -2.50. The predicted octanol–water partition coefficient (Wildman–Crippen LogP) is 3.75. The third-order valence-corrected chi connectivity index (χ3v) is 3.67. The first kappa shape index (κ1) is 19.8. The van der Waals surface area contributed by atoms with E-state index >= 15 is 0 Å². The maximum Gasteiger partial charge on any atom is 0.417 e. The minimum Gasteiger partial charge on any atom is -0.473 e. The van der Waals surface area contributed by atoms with Crippen LogP contribution in [0.5, 0.6) is 5.88 Å². The molecule has 2 heterocycles. The summed E-state index contributed by atoms with van der Waals surface area (Å²) in [5, 5.41) is 9.05. The average molecular weight is 371 g/mol. The van der Waals surface area contributed by atoms with Crippen LogP contribution in [0.2, 0.25) is 0 Å². The molecule has 0 spiro atoms. The van der Waals surface area contributed by atoms with Crippen molar-refractivity contribution >= 4 is 6.09 Å². The molecule has 0 atom stereocenters. The number of rotatable bonds is 2. The molecule has 9 heteroatoms. The van der Waals surface area contributed by atoms with E-state index in [0.717, 1.165) is 6.07 Å². The lowest BCUT2D eigenvalue weighted by Gasteiger charge is -2.33. The van der Waals surface area contributed by atoms with E-state index in [1.165, 1.54) is 0 Å². The number of halogens is 3. The molecular formula is C17H20F3N3O3. The van der Waals surface area contributed by atoms with Crippen molar-refractivity contribution in [2.75, 3.05) is 13.1 Å². The summed E-state index contributed by atoms with van der Waals surface area (Å²) in [5.74, 6) is -0.129. The lowest BCUT2D eigenvalue weighted by molar-refractivity contribution is -0.137. The molecule has 0 bridgehead atoms. The highest BCUT2D eigenvalue weighted by atomic mass is 19.4. The third kappa shape index (κ3) is 5.25. The van der Waals surface area contributed by atoms with Gasteiger partial charge in [-0.1, -0.05) is 0 Å². The van der Waals surface area contributed by atoms with Crippen molar-refractivity contribution < 1.29 is 27.4 Å². The Kier molecular flexibility index (Phi) is 5.64. The fraction of sp³-hybridized carbons (Fsp3) is 0.588. The molecule has 26 heavy (non-hydrogen) atoms. The van der Waals surface area contributed by atoms with Crippen molar-refractivity contribution in [3.05, 3.63) is 23.4 Å². The number of aromatic nitrogens is 1. The molecule has 0 aromatic carbocycles. The Morgan fingerprint density at radius 2 is 1.92 bits per heavy atom. The Morgan fingerprint density at radius 3 is 2.42 bits per heavy atom. The smallest absolute Gasteiger partial charge is 0.417 e. The molecule has 1 aromatic heterocycles. The van der Waals surface area contributed by atoms with Crippen molar-refractivity contribution in [3.63, 3.8) is 0 Å². The minimum absolute atomic E-state index is 0.129. The van der Waals surface area contributed by atoms with Gasteiger partial charge in [-0.15, -0.1) is 0 Å². The largest absolute Gasteiger partial charge is 0.473 e. The number of amides is 1. The number of hydrogen-bond acceptors (Lipinski definition) is 5. The fourth-order valence-corrected chi connectivity index (χ4v) is 2.42. The monoisotopic (exact) mass is 371 g/mol. The van der Waals surface area contributed by atoms with E-state index in [1.807, 2.05) is 0 Å². The number of carbonyl (C=O) groups excluding carboxylic acids is 1. The molecular weight excluding hydrogens is 351 g/mol. The topological polar surface area (TPSA) is 75.4 Å². The summed E-state index contributed by atoms with van der Waals surface area (Å²) in [5.41, 5.74) is -1.86. The lowest BCUT2D eigenvalue weighted by Crippen LogP contribution is -2.44. The third-order valence-electron chi connectivity index (χ3n) is 3.67. The van der Waals surface area contributed by atoms with E-state index in [4.69, 9.17) is 14.7 Å². The van der Waals surface area contributed by atoms with Crippen LogP contribution in [0.1, 0.15) is 44.7 Å². The number of hydrogen-bond donors (Lipinski definition) is 0. The first-order chi connectivity index (χ1) is 12.0. The molecule has 142 valence electrons. The number of carbonyl (C=O) groups is 1. The lowest BCUT2D eigenvalue weighted by atomic mass is 10.1. The number of nitriles is 1. The van der Waals surface area contributed by atoms with Crippen LogP contribution in [-0.4, -0.2) is 40.8 Å². The fourth-order valence-electron chi connectivity index (χ4n) is 2.42. The summed E-state index contributed by atoms with van der Waals surface area (Å²) in [6, 6.07) is 2.40. The number of likely N-dealkylation sites (tertiary alicyclic amines) is 1. The van der Waals surface area contributed by atoms with Gasteiger partial charge >= 0.3 is 12.3 Å². The van der Waals surface area contributed by atoms with Crippen molar-refractivity contribution in [2.45, 2.75) is 51.5 Å². The van der Waals surface area contributed by atoms with Crippen LogP contribution in [0.15, 0.2) is 12.3 Å². The highest BCUT2D eigenvalue weighted by Gasteiger charge is 2.33. The highest BCUT2D eigenvalue weighted by Crippen LogP contribution is 2.31. The second-order valence-corrected chi connectivity index (χ2v) is 6.97. The number of ether oxygens (including phenoxy) is 2. The molecule has 2 rings (SSSR count). The Balaban J connectivity index is 1.98. The summed E-state index contributed by atoms with van der Waals surface area (Å²) in [6.07, 6.45) is -3.76. The summed E-state index contributed by atoms with van der Waals surface area (Å²) in [4.78, 5) is 17.2. The zero-order valence-electron chi connectivity index (χ0n) is 14.8. The van der Waals surface area contributed by atoms with Gasteiger partial charge in [0, 0.05) is 32.1 Å². The maximum absolute atomic E-state index is 12.7. The average Bonchev–Trinajstić information content (AvgIpc) is 2.53. The van der Waals surface area contributed by atoms with E-state index in [0.29, 0.717) is 32.1 Å². The van der Waals surface area contributed by atoms with Crippen molar-refractivity contribution in [1.29, 1.82) is 5.26 Å². The number of pyridine rings is 1. The van der Waals surface area contributed by atoms with Gasteiger partial charge in [0.05, 0.1) is 5.56 Å². The van der Waals surface area contributed by atoms with Crippen LogP contribution >= 0.6 is 0 Å². The Morgan fingerprint density at radius 1 is 1.31 bits per heavy atom. The highest BCUT2D eigenvalue weighted by molar-refractivity contribution is 5.68. The molecule has 1 fully saturated rings. The molecule has 0 radical (unpaired) electrons. The van der Waals surface area contributed by atoms with Gasteiger partial charge < -0.3 is 14.4 Å². The second-order valence-electron chi connectivity index (χ2n) is 6.97. The number of nitrogens with zero attached hydrogens (tertiary/aromatic N) is 3. The zero-order valence-corrected chi connectivity index (χ0v) is 14.8. The van der Waals surface area contributed by atoms with Crippen LogP contribution < -0.4 is 4.74 Å². The van der Waals surface area contributed by atoms with Gasteiger partial charge in [0.1, 0.15) is 23.3 Å². The van der Waals surface area contributed by atoms with Crippen LogP contribution in [0, 0.1) is 11.3 Å². The van der Waals surface area contributed by atoms with E-state index in [9.17, 15) is 18.0 Å². The van der Waals surface area contributed by atoms with Crippen LogP contribution in [0.25, 0.3) is 0 Å². The van der Waals surface area contributed by atoms with Gasteiger partial charge in [-0.3, -0.25) is 0 Å². The molecule has 1 aliphatic rings. The van der Waals surface area contributed by atoms with Gasteiger partial charge in [0.25, 0.3) is 0 Å². The maximum atomic E-state index is 12.7. The standard InChI is InChI=1S/C17H20F3N3O3/c1-16(2,3)26-15(24)23-6-4-13(5-7-23)25-14-11(9-21)8-12(10-22-14)17(18,19)20/h8,10,13H,4-7H2,1-3H3. The second kappa shape index (κ2) is 7.40. The van der Waals surface area contributed by atoms with Gasteiger partial charge in [-0.25, -0.2) is 9.78 Å². The van der Waals surface area contributed by atoms with Crippen LogP contribution in [0.4, 0.5) is 18.0 Å². The molecule has 1 aromatic rings. The molecule has 0 N–H and O–H groups in total. The molecule has 1 aliphatic heterocycles. The van der Waals surface area contributed by atoms with E-state index < -0.39 is 23.4 Å². The predicted molar refractivity (Wildman–Crippen MR) is 85.4 cm³/mol. The Labute approximate surface area is 149 Å². The molecule has 0 aliphatic carbocycles. The van der Waals surface area contributed by atoms with E-state index in [-0.39, 0.29) is 17.5 Å².